The second-order valence-electron chi connectivity index (χ2n) is 5.52. The zero-order valence-electron chi connectivity index (χ0n) is 12.3. The Morgan fingerprint density at radius 2 is 2.14 bits per heavy atom. The van der Waals surface area contributed by atoms with Gasteiger partial charge in [-0.15, -0.1) is 0 Å². The number of hydrogen-bond acceptors (Lipinski definition) is 4. The van der Waals surface area contributed by atoms with Crippen LogP contribution in [0.3, 0.4) is 0 Å². The zero-order chi connectivity index (χ0) is 14.7. The summed E-state index contributed by atoms with van der Waals surface area (Å²) in [7, 11) is 0. The lowest BCUT2D eigenvalue weighted by molar-refractivity contribution is -0.115. The van der Waals surface area contributed by atoms with Crippen LogP contribution < -0.4 is 5.32 Å². The Hall–Kier alpha value is -1.78. The fraction of sp³-hybridized carbons (Fsp3) is 0.412. The monoisotopic (exact) mass is 284 g/mol. The third-order valence-electron chi connectivity index (χ3n) is 3.98. The minimum absolute atomic E-state index is 0.170. The summed E-state index contributed by atoms with van der Waals surface area (Å²) < 4.78 is 5.34. The molecule has 0 saturated carbocycles. The lowest BCUT2D eigenvalue weighted by Crippen LogP contribution is -2.31. The second-order valence-corrected chi connectivity index (χ2v) is 5.52. The van der Waals surface area contributed by atoms with E-state index in [0.717, 1.165) is 23.4 Å². The molecule has 3 rings (SSSR count). The van der Waals surface area contributed by atoms with Crippen molar-refractivity contribution in [1.82, 2.24) is 5.32 Å². The van der Waals surface area contributed by atoms with Gasteiger partial charge in [0.2, 0.25) is 0 Å². The molecule has 1 aromatic rings. The van der Waals surface area contributed by atoms with Crippen molar-refractivity contribution < 1.29 is 9.53 Å². The molecule has 4 heteroatoms. The quantitative estimate of drug-likeness (QED) is 0.924. The molecule has 0 spiro atoms. The van der Waals surface area contributed by atoms with E-state index < -0.39 is 0 Å². The Balaban J connectivity index is 1.65. The van der Waals surface area contributed by atoms with Gasteiger partial charge in [-0.05, 0) is 12.5 Å². The highest BCUT2D eigenvalue weighted by Crippen LogP contribution is 2.23. The SMILES string of the molecule is C[C@@H](NCC1=NC2=C(COCC2)C(=O)C1)c1ccccc1. The van der Waals surface area contributed by atoms with Crippen LogP contribution in [0.4, 0.5) is 0 Å². The normalized spacial score (nSPS) is 20.0. The average molecular weight is 284 g/mol. The van der Waals surface area contributed by atoms with Crippen molar-refractivity contribution in [2.75, 3.05) is 19.8 Å². The first-order valence-corrected chi connectivity index (χ1v) is 7.42. The van der Waals surface area contributed by atoms with Gasteiger partial charge < -0.3 is 10.1 Å². The third kappa shape index (κ3) is 3.28. The van der Waals surface area contributed by atoms with Crippen LogP contribution in [0.2, 0.25) is 0 Å². The topological polar surface area (TPSA) is 50.7 Å². The highest BCUT2D eigenvalue weighted by molar-refractivity contribution is 6.13. The number of ether oxygens (including phenoxy) is 1. The Bertz CT molecular complexity index is 590. The predicted octanol–water partition coefficient (Wildman–Crippen LogP) is 2.43. The maximum absolute atomic E-state index is 12.1. The van der Waals surface area contributed by atoms with Gasteiger partial charge in [0.15, 0.2) is 5.78 Å². The van der Waals surface area contributed by atoms with Crippen molar-refractivity contribution in [2.24, 2.45) is 4.99 Å². The third-order valence-corrected chi connectivity index (χ3v) is 3.98. The summed E-state index contributed by atoms with van der Waals surface area (Å²) in [6.07, 6.45) is 1.16. The van der Waals surface area contributed by atoms with Crippen LogP contribution in [-0.4, -0.2) is 31.3 Å². The van der Waals surface area contributed by atoms with Crippen molar-refractivity contribution in [1.29, 1.82) is 0 Å². The molecule has 110 valence electrons. The minimum Gasteiger partial charge on any atom is -0.376 e. The first-order chi connectivity index (χ1) is 10.2. The van der Waals surface area contributed by atoms with E-state index in [1.54, 1.807) is 0 Å². The molecule has 0 bridgehead atoms. The summed E-state index contributed by atoms with van der Waals surface area (Å²) in [5.41, 5.74) is 3.89. The largest absolute Gasteiger partial charge is 0.376 e. The number of aliphatic imine (C=N–C) groups is 1. The van der Waals surface area contributed by atoms with E-state index in [1.165, 1.54) is 5.56 Å². The minimum atomic E-state index is 0.170. The van der Waals surface area contributed by atoms with E-state index in [2.05, 4.69) is 29.4 Å². The predicted molar refractivity (Wildman–Crippen MR) is 82.4 cm³/mol. The smallest absolute Gasteiger partial charge is 0.168 e. The van der Waals surface area contributed by atoms with Crippen LogP contribution in [0.5, 0.6) is 0 Å². The van der Waals surface area contributed by atoms with Crippen LogP contribution >= 0.6 is 0 Å². The first-order valence-electron chi connectivity index (χ1n) is 7.42. The molecule has 4 nitrogen and oxygen atoms in total. The molecular formula is C17H20N2O2. The Kier molecular flexibility index (Phi) is 4.27. The summed E-state index contributed by atoms with van der Waals surface area (Å²) in [6.45, 7) is 3.87. The number of nitrogens with one attached hydrogen (secondary N) is 1. The fourth-order valence-corrected chi connectivity index (χ4v) is 2.70. The van der Waals surface area contributed by atoms with E-state index in [0.29, 0.717) is 26.2 Å². The van der Waals surface area contributed by atoms with Gasteiger partial charge in [-0.25, -0.2) is 0 Å². The number of carbonyl (C=O) groups is 1. The highest BCUT2D eigenvalue weighted by atomic mass is 16.5. The van der Waals surface area contributed by atoms with E-state index in [4.69, 9.17) is 4.74 Å². The number of carbonyl (C=O) groups excluding carboxylic acids is 1. The number of benzene rings is 1. The Labute approximate surface area is 124 Å². The molecule has 2 heterocycles. The Morgan fingerprint density at radius 1 is 1.33 bits per heavy atom. The zero-order valence-corrected chi connectivity index (χ0v) is 12.3. The van der Waals surface area contributed by atoms with E-state index in [-0.39, 0.29) is 11.8 Å². The number of hydrogen-bond donors (Lipinski definition) is 1. The van der Waals surface area contributed by atoms with Gasteiger partial charge in [-0.3, -0.25) is 9.79 Å². The van der Waals surface area contributed by atoms with Crippen LogP contribution in [-0.2, 0) is 9.53 Å². The summed E-state index contributed by atoms with van der Waals surface area (Å²) in [5.74, 6) is 0.170. The number of nitrogens with zero attached hydrogens (tertiary/aromatic N) is 1. The summed E-state index contributed by atoms with van der Waals surface area (Å²) in [6, 6.07) is 10.5. The molecule has 1 aromatic carbocycles. The maximum Gasteiger partial charge on any atom is 0.168 e. The van der Waals surface area contributed by atoms with E-state index >= 15 is 0 Å². The van der Waals surface area contributed by atoms with Gasteiger partial charge in [0, 0.05) is 30.3 Å². The molecular weight excluding hydrogens is 264 g/mol. The molecule has 2 aliphatic rings. The van der Waals surface area contributed by atoms with Gasteiger partial charge in [0.05, 0.1) is 25.3 Å². The van der Waals surface area contributed by atoms with Gasteiger partial charge in [0.25, 0.3) is 0 Å². The van der Waals surface area contributed by atoms with E-state index in [9.17, 15) is 4.79 Å². The van der Waals surface area contributed by atoms with Crippen molar-refractivity contribution in [2.45, 2.75) is 25.8 Å². The molecule has 0 fully saturated rings. The summed E-state index contributed by atoms with van der Waals surface area (Å²) >= 11 is 0. The molecule has 1 atom stereocenters. The molecule has 0 saturated heterocycles. The molecule has 0 radical (unpaired) electrons. The van der Waals surface area contributed by atoms with Crippen LogP contribution in [0.15, 0.2) is 46.6 Å². The molecule has 0 unspecified atom stereocenters. The van der Waals surface area contributed by atoms with Gasteiger partial charge in [-0.2, -0.15) is 0 Å². The molecule has 0 aromatic heterocycles. The van der Waals surface area contributed by atoms with Crippen LogP contribution in [0.25, 0.3) is 0 Å². The van der Waals surface area contributed by atoms with Crippen molar-refractivity contribution >= 4 is 11.5 Å². The first kappa shape index (κ1) is 14.2. The molecule has 0 aliphatic carbocycles. The van der Waals surface area contributed by atoms with Crippen molar-refractivity contribution in [3.05, 3.63) is 47.2 Å². The summed E-state index contributed by atoms with van der Waals surface area (Å²) in [4.78, 5) is 16.8. The maximum atomic E-state index is 12.1. The molecule has 2 aliphatic heterocycles. The van der Waals surface area contributed by atoms with Crippen molar-refractivity contribution in [3.8, 4) is 0 Å². The number of rotatable bonds is 4. The van der Waals surface area contributed by atoms with Crippen LogP contribution in [0, 0.1) is 0 Å². The summed E-state index contributed by atoms with van der Waals surface area (Å²) in [5, 5.41) is 3.45. The van der Waals surface area contributed by atoms with Crippen molar-refractivity contribution in [3.63, 3.8) is 0 Å². The number of ketones is 1. The lowest BCUT2D eigenvalue weighted by Gasteiger charge is -2.23. The lowest BCUT2D eigenvalue weighted by atomic mass is 9.98. The standard InChI is InChI=1S/C17H20N2O2/c1-12(13-5-3-2-4-6-13)18-10-14-9-17(20)15-11-21-8-7-16(15)19-14/h2-6,12,18H,7-11H2,1H3/t12-/m1/s1. The molecule has 1 N–H and O–H groups in total. The highest BCUT2D eigenvalue weighted by Gasteiger charge is 2.25. The fourth-order valence-electron chi connectivity index (χ4n) is 2.70. The molecule has 21 heavy (non-hydrogen) atoms. The Morgan fingerprint density at radius 3 is 2.95 bits per heavy atom. The number of Topliss-reactive ketones (excluding diaryl/α,β-unsaturated/α-hetero) is 1. The van der Waals surface area contributed by atoms with Gasteiger partial charge >= 0.3 is 0 Å². The second kappa shape index (κ2) is 6.33. The van der Waals surface area contributed by atoms with Gasteiger partial charge in [-0.1, -0.05) is 30.3 Å². The van der Waals surface area contributed by atoms with E-state index in [1.807, 2.05) is 18.2 Å². The molecule has 0 amide bonds. The average Bonchev–Trinajstić information content (AvgIpc) is 2.53. The van der Waals surface area contributed by atoms with Crippen LogP contribution in [0.1, 0.15) is 31.4 Å². The van der Waals surface area contributed by atoms with Gasteiger partial charge in [0.1, 0.15) is 0 Å².